The molecule has 3 heteroatoms. The topological polar surface area (TPSA) is 26.0 Å². The van der Waals surface area contributed by atoms with Crippen molar-refractivity contribution >= 4 is 22.9 Å². The van der Waals surface area contributed by atoms with Gasteiger partial charge in [-0.15, -0.1) is 0 Å². The fraction of sp³-hybridized carbons (Fsp3) is 0.286. The zero-order valence-electron chi connectivity index (χ0n) is 9.82. The Morgan fingerprint density at radius 3 is 2.82 bits per heavy atom. The van der Waals surface area contributed by atoms with E-state index in [1.165, 1.54) is 11.1 Å². The lowest BCUT2D eigenvalue weighted by atomic mass is 9.99. The first-order valence-electron chi connectivity index (χ1n) is 5.69. The quantitative estimate of drug-likeness (QED) is 0.874. The first-order chi connectivity index (χ1) is 8.16. The summed E-state index contributed by atoms with van der Waals surface area (Å²) in [4.78, 5) is 0. The maximum atomic E-state index is 6.19. The van der Waals surface area contributed by atoms with E-state index in [-0.39, 0.29) is 6.04 Å². The molecule has 1 nitrogen and oxygen atoms in total. The second-order valence-corrected chi connectivity index (χ2v) is 5.47. The van der Waals surface area contributed by atoms with E-state index in [1.807, 2.05) is 19.1 Å². The summed E-state index contributed by atoms with van der Waals surface area (Å²) in [5, 5.41) is 5.09. The minimum atomic E-state index is 0.0888. The van der Waals surface area contributed by atoms with Crippen molar-refractivity contribution < 1.29 is 0 Å². The zero-order chi connectivity index (χ0) is 12.3. The predicted octanol–water partition coefficient (Wildman–Crippen LogP) is 4.34. The van der Waals surface area contributed by atoms with Crippen molar-refractivity contribution in [2.75, 3.05) is 0 Å². The third kappa shape index (κ3) is 3.32. The second-order valence-electron chi connectivity index (χ2n) is 4.29. The summed E-state index contributed by atoms with van der Waals surface area (Å²) >= 11 is 7.74. The van der Waals surface area contributed by atoms with E-state index in [1.54, 1.807) is 11.3 Å². The molecule has 2 rings (SSSR count). The van der Waals surface area contributed by atoms with E-state index < -0.39 is 0 Å². The largest absolute Gasteiger partial charge is 0.324 e. The molecule has 0 aliphatic carbocycles. The van der Waals surface area contributed by atoms with E-state index in [0.29, 0.717) is 0 Å². The molecule has 1 heterocycles. The van der Waals surface area contributed by atoms with Crippen LogP contribution in [0.4, 0.5) is 0 Å². The minimum absolute atomic E-state index is 0.0888. The molecule has 1 unspecified atom stereocenters. The van der Waals surface area contributed by atoms with Crippen LogP contribution in [0.25, 0.3) is 0 Å². The van der Waals surface area contributed by atoms with Crippen LogP contribution in [-0.2, 0) is 6.42 Å². The summed E-state index contributed by atoms with van der Waals surface area (Å²) < 4.78 is 0. The van der Waals surface area contributed by atoms with Crippen LogP contribution in [0.5, 0.6) is 0 Å². The summed E-state index contributed by atoms with van der Waals surface area (Å²) in [5.74, 6) is 0. The summed E-state index contributed by atoms with van der Waals surface area (Å²) in [6, 6.07) is 8.28. The van der Waals surface area contributed by atoms with Gasteiger partial charge in [0.25, 0.3) is 0 Å². The molecule has 0 saturated carbocycles. The lowest BCUT2D eigenvalue weighted by Crippen LogP contribution is -2.11. The molecule has 90 valence electrons. The zero-order valence-corrected chi connectivity index (χ0v) is 11.4. The van der Waals surface area contributed by atoms with Crippen molar-refractivity contribution in [3.8, 4) is 0 Å². The third-order valence-corrected chi connectivity index (χ3v) is 4.09. The van der Waals surface area contributed by atoms with Crippen molar-refractivity contribution in [1.29, 1.82) is 0 Å². The van der Waals surface area contributed by atoms with E-state index in [4.69, 9.17) is 17.3 Å². The first kappa shape index (κ1) is 12.6. The van der Waals surface area contributed by atoms with Gasteiger partial charge in [0, 0.05) is 11.1 Å². The Hall–Kier alpha value is -0.830. The number of rotatable bonds is 4. The van der Waals surface area contributed by atoms with Crippen LogP contribution in [0.3, 0.4) is 0 Å². The van der Waals surface area contributed by atoms with E-state index in [9.17, 15) is 0 Å². The molecule has 1 atom stereocenters. The molecule has 0 spiro atoms. The van der Waals surface area contributed by atoms with Gasteiger partial charge in [-0.3, -0.25) is 0 Å². The van der Waals surface area contributed by atoms with E-state index >= 15 is 0 Å². The van der Waals surface area contributed by atoms with Gasteiger partial charge < -0.3 is 5.73 Å². The maximum absolute atomic E-state index is 6.19. The Kier molecular flexibility index (Phi) is 4.21. The number of hydrogen-bond acceptors (Lipinski definition) is 2. The Balaban J connectivity index is 1.99. The standard InChI is InChI=1S/C14H16ClNS/c1-10-8-12(3-4-13(10)15)14(16)5-2-11-6-7-17-9-11/h3-4,6-9,14H,2,5,16H2,1H3. The molecule has 0 bridgehead atoms. The van der Waals surface area contributed by atoms with E-state index in [2.05, 4.69) is 22.9 Å². The summed E-state index contributed by atoms with van der Waals surface area (Å²) in [6.45, 7) is 2.01. The monoisotopic (exact) mass is 265 g/mol. The minimum Gasteiger partial charge on any atom is -0.324 e. The number of thiophene rings is 1. The molecule has 2 aromatic rings. The van der Waals surface area contributed by atoms with Gasteiger partial charge in [0.05, 0.1) is 0 Å². The first-order valence-corrected chi connectivity index (χ1v) is 7.01. The summed E-state index contributed by atoms with van der Waals surface area (Å²) in [7, 11) is 0. The molecule has 0 radical (unpaired) electrons. The average molecular weight is 266 g/mol. The lowest BCUT2D eigenvalue weighted by Gasteiger charge is -2.12. The van der Waals surface area contributed by atoms with Crippen molar-refractivity contribution in [2.45, 2.75) is 25.8 Å². The Morgan fingerprint density at radius 2 is 2.18 bits per heavy atom. The number of halogens is 1. The van der Waals surface area contributed by atoms with Crippen molar-refractivity contribution in [3.63, 3.8) is 0 Å². The van der Waals surface area contributed by atoms with Crippen molar-refractivity contribution in [1.82, 2.24) is 0 Å². The molecule has 0 saturated heterocycles. The van der Waals surface area contributed by atoms with Gasteiger partial charge in [-0.2, -0.15) is 11.3 Å². The number of nitrogens with two attached hydrogens (primary N) is 1. The molecule has 0 fully saturated rings. The maximum Gasteiger partial charge on any atom is 0.0435 e. The SMILES string of the molecule is Cc1cc(C(N)CCc2ccsc2)ccc1Cl. The molecule has 2 N–H and O–H groups in total. The highest BCUT2D eigenvalue weighted by Crippen LogP contribution is 2.22. The molecule has 1 aromatic heterocycles. The molecular weight excluding hydrogens is 250 g/mol. The second kappa shape index (κ2) is 5.67. The lowest BCUT2D eigenvalue weighted by molar-refractivity contribution is 0.652. The molecular formula is C14H16ClNS. The Morgan fingerprint density at radius 1 is 1.35 bits per heavy atom. The molecule has 0 amide bonds. The van der Waals surface area contributed by atoms with Gasteiger partial charge in [-0.05, 0) is 59.3 Å². The molecule has 0 aliphatic rings. The van der Waals surface area contributed by atoms with Crippen LogP contribution in [0.15, 0.2) is 35.0 Å². The fourth-order valence-electron chi connectivity index (χ4n) is 1.82. The average Bonchev–Trinajstić information content (AvgIpc) is 2.82. The van der Waals surface area contributed by atoms with Crippen LogP contribution < -0.4 is 5.73 Å². The Labute approximate surface area is 111 Å². The van der Waals surface area contributed by atoms with Crippen LogP contribution in [0.2, 0.25) is 5.02 Å². The van der Waals surface area contributed by atoms with Crippen LogP contribution in [0, 0.1) is 6.92 Å². The van der Waals surface area contributed by atoms with Gasteiger partial charge >= 0.3 is 0 Å². The van der Waals surface area contributed by atoms with Gasteiger partial charge in [-0.1, -0.05) is 23.7 Å². The van der Waals surface area contributed by atoms with Crippen molar-refractivity contribution in [3.05, 3.63) is 56.7 Å². The van der Waals surface area contributed by atoms with Gasteiger partial charge in [0.2, 0.25) is 0 Å². The van der Waals surface area contributed by atoms with E-state index in [0.717, 1.165) is 23.4 Å². The van der Waals surface area contributed by atoms with Gasteiger partial charge in [0.15, 0.2) is 0 Å². The van der Waals surface area contributed by atoms with Gasteiger partial charge in [0.1, 0.15) is 0 Å². The van der Waals surface area contributed by atoms with Gasteiger partial charge in [-0.25, -0.2) is 0 Å². The third-order valence-electron chi connectivity index (χ3n) is 2.93. The smallest absolute Gasteiger partial charge is 0.0435 e. The van der Waals surface area contributed by atoms with Crippen LogP contribution in [0.1, 0.15) is 29.2 Å². The number of hydrogen-bond donors (Lipinski definition) is 1. The number of benzene rings is 1. The van der Waals surface area contributed by atoms with Crippen molar-refractivity contribution in [2.24, 2.45) is 5.73 Å². The molecule has 0 aliphatic heterocycles. The normalized spacial score (nSPS) is 12.6. The molecule has 17 heavy (non-hydrogen) atoms. The fourth-order valence-corrected chi connectivity index (χ4v) is 2.64. The highest BCUT2D eigenvalue weighted by Gasteiger charge is 2.07. The highest BCUT2D eigenvalue weighted by atomic mass is 35.5. The highest BCUT2D eigenvalue weighted by molar-refractivity contribution is 7.07. The number of aryl methyl sites for hydroxylation is 2. The summed E-state index contributed by atoms with van der Waals surface area (Å²) in [6.07, 6.45) is 2.00. The molecule has 1 aromatic carbocycles. The summed E-state index contributed by atoms with van der Waals surface area (Å²) in [5.41, 5.74) is 9.82. The predicted molar refractivity (Wildman–Crippen MR) is 75.8 cm³/mol. The Bertz CT molecular complexity index is 479. The van der Waals surface area contributed by atoms with Crippen LogP contribution in [-0.4, -0.2) is 0 Å². The van der Waals surface area contributed by atoms with Crippen LogP contribution >= 0.6 is 22.9 Å².